The molecule has 2 rings (SSSR count). The summed E-state index contributed by atoms with van der Waals surface area (Å²) >= 11 is 0. The van der Waals surface area contributed by atoms with Crippen molar-refractivity contribution in [3.63, 3.8) is 0 Å². The van der Waals surface area contributed by atoms with Gasteiger partial charge in [-0.25, -0.2) is 4.98 Å². The Hall–Kier alpha value is -1.53. The number of morpholine rings is 1. The van der Waals surface area contributed by atoms with Crippen LogP contribution in [0.25, 0.3) is 0 Å². The zero-order chi connectivity index (χ0) is 13.7. The molecule has 1 amide bonds. The lowest BCUT2D eigenvalue weighted by molar-refractivity contribution is 0.0342. The van der Waals surface area contributed by atoms with Crippen molar-refractivity contribution in [2.24, 2.45) is 0 Å². The Morgan fingerprint density at radius 3 is 2.79 bits per heavy atom. The van der Waals surface area contributed by atoms with E-state index in [4.69, 9.17) is 4.74 Å². The van der Waals surface area contributed by atoms with Gasteiger partial charge >= 0.3 is 0 Å². The van der Waals surface area contributed by atoms with Crippen LogP contribution in [-0.4, -0.2) is 59.7 Å². The fraction of sp³-hybridized carbons (Fsp3) is 0.615. The highest BCUT2D eigenvalue weighted by Gasteiger charge is 2.16. The van der Waals surface area contributed by atoms with Gasteiger partial charge in [-0.1, -0.05) is 0 Å². The van der Waals surface area contributed by atoms with Crippen LogP contribution in [0.1, 0.15) is 23.1 Å². The van der Waals surface area contributed by atoms with E-state index in [0.717, 1.165) is 38.5 Å². The Morgan fingerprint density at radius 2 is 2.16 bits per heavy atom. The van der Waals surface area contributed by atoms with Gasteiger partial charge in [-0.05, 0) is 13.8 Å². The van der Waals surface area contributed by atoms with Gasteiger partial charge in [0.15, 0.2) is 0 Å². The molecule has 0 saturated carbocycles. The minimum absolute atomic E-state index is 0.0775. The average Bonchev–Trinajstić information content (AvgIpc) is 2.40. The van der Waals surface area contributed by atoms with Gasteiger partial charge in [0.25, 0.3) is 5.91 Å². The highest BCUT2D eigenvalue weighted by Crippen LogP contribution is 2.00. The summed E-state index contributed by atoms with van der Waals surface area (Å²) in [5.41, 5.74) is 1.16. The predicted octanol–water partition coefficient (Wildman–Crippen LogP) is 0.236. The van der Waals surface area contributed by atoms with Crippen molar-refractivity contribution >= 4 is 5.91 Å². The van der Waals surface area contributed by atoms with Crippen LogP contribution in [0.3, 0.4) is 0 Å². The van der Waals surface area contributed by atoms with E-state index in [1.54, 1.807) is 6.20 Å². The highest BCUT2D eigenvalue weighted by molar-refractivity contribution is 5.92. The van der Waals surface area contributed by atoms with E-state index in [1.807, 2.05) is 13.8 Å². The molecular weight excluding hydrogens is 244 g/mol. The zero-order valence-corrected chi connectivity index (χ0v) is 11.4. The van der Waals surface area contributed by atoms with E-state index in [9.17, 15) is 4.79 Å². The predicted molar refractivity (Wildman–Crippen MR) is 71.0 cm³/mol. The summed E-state index contributed by atoms with van der Waals surface area (Å²) in [6.45, 7) is 8.04. The third-order valence-electron chi connectivity index (χ3n) is 3.03. The van der Waals surface area contributed by atoms with Crippen molar-refractivity contribution in [2.75, 3.05) is 32.8 Å². The number of aromatic nitrogens is 2. The van der Waals surface area contributed by atoms with Crippen molar-refractivity contribution < 1.29 is 9.53 Å². The monoisotopic (exact) mass is 264 g/mol. The second kappa shape index (κ2) is 6.58. The molecule has 19 heavy (non-hydrogen) atoms. The van der Waals surface area contributed by atoms with Crippen LogP contribution in [-0.2, 0) is 4.74 Å². The van der Waals surface area contributed by atoms with E-state index in [2.05, 4.69) is 20.2 Å². The van der Waals surface area contributed by atoms with Crippen molar-refractivity contribution in [1.82, 2.24) is 20.2 Å². The quantitative estimate of drug-likeness (QED) is 0.843. The van der Waals surface area contributed by atoms with Crippen LogP contribution in [0.4, 0.5) is 0 Å². The summed E-state index contributed by atoms with van der Waals surface area (Å²) in [7, 11) is 0. The van der Waals surface area contributed by atoms with E-state index in [0.29, 0.717) is 5.69 Å². The van der Waals surface area contributed by atoms with Gasteiger partial charge in [0.2, 0.25) is 0 Å². The maximum Gasteiger partial charge on any atom is 0.271 e. The first-order chi connectivity index (χ1) is 9.15. The number of ether oxygens (including phenoxy) is 1. The summed E-state index contributed by atoms with van der Waals surface area (Å²) in [4.78, 5) is 22.4. The number of amides is 1. The molecule has 0 radical (unpaired) electrons. The van der Waals surface area contributed by atoms with E-state index in [-0.39, 0.29) is 11.9 Å². The van der Waals surface area contributed by atoms with Crippen LogP contribution in [0, 0.1) is 6.92 Å². The van der Waals surface area contributed by atoms with Gasteiger partial charge in [0.05, 0.1) is 25.1 Å². The van der Waals surface area contributed by atoms with Gasteiger partial charge in [-0.3, -0.25) is 14.7 Å². The smallest absolute Gasteiger partial charge is 0.271 e. The fourth-order valence-electron chi connectivity index (χ4n) is 2.02. The second-order valence-electron chi connectivity index (χ2n) is 4.83. The molecule has 1 aromatic heterocycles. The van der Waals surface area contributed by atoms with Gasteiger partial charge in [0, 0.05) is 31.9 Å². The maximum absolute atomic E-state index is 12.0. The van der Waals surface area contributed by atoms with Crippen LogP contribution in [0.2, 0.25) is 0 Å². The molecule has 0 aromatic carbocycles. The number of carbonyl (C=O) groups is 1. The highest BCUT2D eigenvalue weighted by atomic mass is 16.5. The molecule has 1 saturated heterocycles. The lowest BCUT2D eigenvalue weighted by atomic mass is 10.2. The molecule has 1 fully saturated rings. The molecule has 6 nitrogen and oxygen atoms in total. The third-order valence-corrected chi connectivity index (χ3v) is 3.03. The molecule has 6 heteroatoms. The van der Waals surface area contributed by atoms with Crippen LogP contribution < -0.4 is 5.32 Å². The van der Waals surface area contributed by atoms with Crippen molar-refractivity contribution in [3.05, 3.63) is 23.8 Å². The molecule has 1 N–H and O–H groups in total. The first-order valence-corrected chi connectivity index (χ1v) is 6.55. The number of hydrogen-bond donors (Lipinski definition) is 1. The van der Waals surface area contributed by atoms with Crippen molar-refractivity contribution in [2.45, 2.75) is 19.9 Å². The molecule has 1 aromatic rings. The lowest BCUT2D eigenvalue weighted by Gasteiger charge is -2.29. The molecule has 0 aliphatic carbocycles. The van der Waals surface area contributed by atoms with Crippen LogP contribution in [0.15, 0.2) is 12.4 Å². The standard InChI is InChI=1S/C13H20N4O2/c1-10-7-15-12(8-14-10)13(18)16-11(2)9-17-3-5-19-6-4-17/h7-8,11H,3-6,9H2,1-2H3,(H,16,18). The number of rotatable bonds is 4. The molecular formula is C13H20N4O2. The number of hydrogen-bond acceptors (Lipinski definition) is 5. The zero-order valence-electron chi connectivity index (χ0n) is 11.4. The Bertz CT molecular complexity index is 415. The van der Waals surface area contributed by atoms with Crippen LogP contribution in [0.5, 0.6) is 0 Å². The second-order valence-corrected chi connectivity index (χ2v) is 4.83. The van der Waals surface area contributed by atoms with E-state index < -0.39 is 0 Å². The average molecular weight is 264 g/mol. The van der Waals surface area contributed by atoms with E-state index >= 15 is 0 Å². The summed E-state index contributed by atoms with van der Waals surface area (Å²) in [5, 5.41) is 2.94. The summed E-state index contributed by atoms with van der Waals surface area (Å²) in [5.74, 6) is -0.173. The Kier molecular flexibility index (Phi) is 4.81. The topological polar surface area (TPSA) is 67.4 Å². The molecule has 1 aliphatic heterocycles. The minimum atomic E-state index is -0.173. The van der Waals surface area contributed by atoms with Gasteiger partial charge < -0.3 is 10.1 Å². The maximum atomic E-state index is 12.0. The Balaban J connectivity index is 1.82. The van der Waals surface area contributed by atoms with Gasteiger partial charge in [0.1, 0.15) is 5.69 Å². The Morgan fingerprint density at radius 1 is 1.42 bits per heavy atom. The fourth-order valence-corrected chi connectivity index (χ4v) is 2.02. The molecule has 0 bridgehead atoms. The third kappa shape index (κ3) is 4.25. The number of aryl methyl sites for hydroxylation is 1. The molecule has 1 atom stereocenters. The summed E-state index contributed by atoms with van der Waals surface area (Å²) < 4.78 is 5.30. The summed E-state index contributed by atoms with van der Waals surface area (Å²) in [6.07, 6.45) is 3.10. The molecule has 1 aliphatic rings. The van der Waals surface area contributed by atoms with Crippen LogP contribution >= 0.6 is 0 Å². The molecule has 1 unspecified atom stereocenters. The number of nitrogens with zero attached hydrogens (tertiary/aromatic N) is 3. The van der Waals surface area contributed by atoms with Gasteiger partial charge in [-0.15, -0.1) is 0 Å². The molecule has 2 heterocycles. The normalized spacial score (nSPS) is 18.0. The largest absolute Gasteiger partial charge is 0.379 e. The van der Waals surface area contributed by atoms with Crippen molar-refractivity contribution in [1.29, 1.82) is 0 Å². The first-order valence-electron chi connectivity index (χ1n) is 6.55. The van der Waals surface area contributed by atoms with Crippen molar-refractivity contribution in [3.8, 4) is 0 Å². The minimum Gasteiger partial charge on any atom is -0.379 e. The lowest BCUT2D eigenvalue weighted by Crippen LogP contribution is -2.46. The SMILES string of the molecule is Cc1cnc(C(=O)NC(C)CN2CCOCC2)cn1. The summed E-state index contributed by atoms with van der Waals surface area (Å²) in [6, 6.07) is 0.0775. The number of carbonyl (C=O) groups excluding carboxylic acids is 1. The van der Waals surface area contributed by atoms with E-state index in [1.165, 1.54) is 6.20 Å². The Labute approximate surface area is 113 Å². The first kappa shape index (κ1) is 13.9. The molecule has 0 spiro atoms. The number of nitrogens with one attached hydrogen (secondary N) is 1. The van der Waals surface area contributed by atoms with Gasteiger partial charge in [-0.2, -0.15) is 0 Å². The molecule has 104 valence electrons.